The Bertz CT molecular complexity index is 332. The smallest absolute Gasteiger partial charge is 0.0667 e. The van der Waals surface area contributed by atoms with Crippen molar-refractivity contribution in [2.75, 3.05) is 13.1 Å². The molecular formula is C15H23NO. The maximum atomic E-state index is 9.71. The number of aliphatic hydroxyl groups excluding tert-OH is 1. The van der Waals surface area contributed by atoms with E-state index in [4.69, 9.17) is 0 Å². The second kappa shape index (κ2) is 7.25. The van der Waals surface area contributed by atoms with Crippen molar-refractivity contribution in [3.05, 3.63) is 42.5 Å². The van der Waals surface area contributed by atoms with E-state index >= 15 is 0 Å². The van der Waals surface area contributed by atoms with Crippen LogP contribution in [0.2, 0.25) is 0 Å². The van der Waals surface area contributed by atoms with Gasteiger partial charge in [0.1, 0.15) is 0 Å². The first kappa shape index (κ1) is 13.9. The number of aliphatic hydroxyl groups is 1. The van der Waals surface area contributed by atoms with Crippen LogP contribution in [0.1, 0.15) is 25.8 Å². The Morgan fingerprint density at radius 2 is 1.94 bits per heavy atom. The van der Waals surface area contributed by atoms with E-state index < -0.39 is 0 Å². The lowest BCUT2D eigenvalue weighted by atomic mass is 10.1. The van der Waals surface area contributed by atoms with Gasteiger partial charge in [-0.3, -0.25) is 0 Å². The van der Waals surface area contributed by atoms with Crippen LogP contribution in [-0.4, -0.2) is 24.3 Å². The summed E-state index contributed by atoms with van der Waals surface area (Å²) in [7, 11) is 0. The van der Waals surface area contributed by atoms with E-state index in [1.165, 1.54) is 0 Å². The molecule has 1 aromatic rings. The Labute approximate surface area is 104 Å². The first-order valence-corrected chi connectivity index (χ1v) is 6.21. The first-order chi connectivity index (χ1) is 8.09. The van der Waals surface area contributed by atoms with Crippen molar-refractivity contribution in [1.29, 1.82) is 0 Å². The molecule has 1 aromatic carbocycles. The van der Waals surface area contributed by atoms with Gasteiger partial charge in [0.2, 0.25) is 0 Å². The minimum atomic E-state index is -0.265. The maximum Gasteiger partial charge on any atom is 0.0667 e. The van der Waals surface area contributed by atoms with E-state index in [-0.39, 0.29) is 6.10 Å². The third-order valence-electron chi connectivity index (χ3n) is 2.64. The fourth-order valence-electron chi connectivity index (χ4n) is 1.79. The van der Waals surface area contributed by atoms with Crippen molar-refractivity contribution in [1.82, 2.24) is 5.32 Å². The van der Waals surface area contributed by atoms with Gasteiger partial charge in [-0.05, 0) is 23.5 Å². The number of benzene rings is 1. The summed E-state index contributed by atoms with van der Waals surface area (Å²) in [5, 5.41) is 13.0. The molecule has 2 N–H and O–H groups in total. The van der Waals surface area contributed by atoms with Crippen LogP contribution >= 0.6 is 0 Å². The molecule has 0 aliphatic rings. The van der Waals surface area contributed by atoms with Crippen LogP contribution < -0.4 is 5.32 Å². The molecular weight excluding hydrogens is 210 g/mol. The molecule has 0 amide bonds. The Kier molecular flexibility index (Phi) is 5.95. The van der Waals surface area contributed by atoms with Crippen LogP contribution in [0.3, 0.4) is 0 Å². The molecule has 0 saturated carbocycles. The van der Waals surface area contributed by atoms with E-state index in [2.05, 4.69) is 37.9 Å². The molecule has 1 rings (SSSR count). The minimum absolute atomic E-state index is 0.265. The summed E-state index contributed by atoms with van der Waals surface area (Å²) in [5.41, 5.74) is 2.21. The molecule has 0 bridgehead atoms. The highest BCUT2D eigenvalue weighted by molar-refractivity contribution is 5.64. The number of nitrogens with one attached hydrogen (secondary N) is 1. The van der Waals surface area contributed by atoms with Crippen LogP contribution in [0, 0.1) is 5.92 Å². The number of hydrogen-bond donors (Lipinski definition) is 2. The molecule has 94 valence electrons. The van der Waals surface area contributed by atoms with E-state index in [0.717, 1.165) is 24.1 Å². The fourth-order valence-corrected chi connectivity index (χ4v) is 1.79. The molecule has 0 spiro atoms. The molecule has 0 heterocycles. The summed E-state index contributed by atoms with van der Waals surface area (Å²) >= 11 is 0. The zero-order valence-electron chi connectivity index (χ0n) is 10.8. The van der Waals surface area contributed by atoms with Gasteiger partial charge in [0.25, 0.3) is 0 Å². The molecule has 17 heavy (non-hydrogen) atoms. The van der Waals surface area contributed by atoms with Crippen molar-refractivity contribution >= 4 is 5.57 Å². The van der Waals surface area contributed by atoms with E-state index in [1.54, 1.807) is 0 Å². The average Bonchev–Trinajstić information content (AvgIpc) is 2.29. The lowest BCUT2D eigenvalue weighted by molar-refractivity contribution is 0.148. The summed E-state index contributed by atoms with van der Waals surface area (Å²) < 4.78 is 0. The predicted octanol–water partition coefficient (Wildman–Crippen LogP) is 2.70. The Hall–Kier alpha value is -1.12. The lowest BCUT2D eigenvalue weighted by Crippen LogP contribution is -2.28. The zero-order valence-corrected chi connectivity index (χ0v) is 10.8. The molecule has 1 atom stereocenters. The highest BCUT2D eigenvalue weighted by Crippen LogP contribution is 2.10. The quantitative estimate of drug-likeness (QED) is 0.759. The molecule has 0 aliphatic heterocycles. The van der Waals surface area contributed by atoms with Crippen molar-refractivity contribution in [3.63, 3.8) is 0 Å². The van der Waals surface area contributed by atoms with Crippen LogP contribution in [-0.2, 0) is 0 Å². The molecule has 2 heteroatoms. The van der Waals surface area contributed by atoms with Crippen molar-refractivity contribution in [3.8, 4) is 0 Å². The summed E-state index contributed by atoms with van der Waals surface area (Å²) in [4.78, 5) is 0. The average molecular weight is 233 g/mol. The van der Waals surface area contributed by atoms with E-state index in [9.17, 15) is 5.11 Å². The van der Waals surface area contributed by atoms with E-state index in [1.807, 2.05) is 18.2 Å². The minimum Gasteiger partial charge on any atom is -0.392 e. The third-order valence-corrected chi connectivity index (χ3v) is 2.64. The zero-order chi connectivity index (χ0) is 12.7. The molecule has 0 aliphatic carbocycles. The number of hydrogen-bond acceptors (Lipinski definition) is 2. The van der Waals surface area contributed by atoms with Crippen LogP contribution in [0.25, 0.3) is 5.57 Å². The van der Waals surface area contributed by atoms with Crippen molar-refractivity contribution in [2.45, 2.75) is 26.4 Å². The SMILES string of the molecule is C=C(CNCC(O)CC(C)C)c1ccccc1. The molecule has 0 saturated heterocycles. The lowest BCUT2D eigenvalue weighted by Gasteiger charge is -2.14. The van der Waals surface area contributed by atoms with Gasteiger partial charge in [0.05, 0.1) is 6.10 Å². The van der Waals surface area contributed by atoms with Gasteiger partial charge in [-0.1, -0.05) is 50.8 Å². The normalized spacial score (nSPS) is 12.7. The molecule has 0 aromatic heterocycles. The Morgan fingerprint density at radius 3 is 2.53 bits per heavy atom. The maximum absolute atomic E-state index is 9.71. The molecule has 0 radical (unpaired) electrons. The summed E-state index contributed by atoms with van der Waals surface area (Å²) in [5.74, 6) is 0.532. The Balaban J connectivity index is 2.25. The van der Waals surface area contributed by atoms with E-state index in [0.29, 0.717) is 12.5 Å². The van der Waals surface area contributed by atoms with Crippen LogP contribution in [0.15, 0.2) is 36.9 Å². The van der Waals surface area contributed by atoms with Crippen LogP contribution in [0.5, 0.6) is 0 Å². The van der Waals surface area contributed by atoms with Gasteiger partial charge in [0.15, 0.2) is 0 Å². The standard InChI is InChI=1S/C15H23NO/c1-12(2)9-15(17)11-16-10-13(3)14-7-5-4-6-8-14/h4-8,12,15-17H,3,9-11H2,1-2H3. The third kappa shape index (κ3) is 5.66. The van der Waals surface area contributed by atoms with Gasteiger partial charge >= 0.3 is 0 Å². The van der Waals surface area contributed by atoms with Gasteiger partial charge in [-0.25, -0.2) is 0 Å². The Morgan fingerprint density at radius 1 is 1.29 bits per heavy atom. The number of rotatable bonds is 7. The van der Waals surface area contributed by atoms with Gasteiger partial charge < -0.3 is 10.4 Å². The molecule has 2 nitrogen and oxygen atoms in total. The van der Waals surface area contributed by atoms with Crippen LogP contribution in [0.4, 0.5) is 0 Å². The topological polar surface area (TPSA) is 32.3 Å². The highest BCUT2D eigenvalue weighted by Gasteiger charge is 2.06. The van der Waals surface area contributed by atoms with Crippen molar-refractivity contribution in [2.24, 2.45) is 5.92 Å². The molecule has 0 fully saturated rings. The largest absolute Gasteiger partial charge is 0.392 e. The second-order valence-corrected chi connectivity index (χ2v) is 4.88. The van der Waals surface area contributed by atoms with Crippen molar-refractivity contribution < 1.29 is 5.11 Å². The van der Waals surface area contributed by atoms with Gasteiger partial charge in [-0.15, -0.1) is 0 Å². The van der Waals surface area contributed by atoms with Gasteiger partial charge in [0, 0.05) is 13.1 Å². The summed E-state index contributed by atoms with van der Waals surface area (Å²) in [6.07, 6.45) is 0.573. The summed E-state index contributed by atoms with van der Waals surface area (Å²) in [6.45, 7) is 9.62. The molecule has 1 unspecified atom stereocenters. The second-order valence-electron chi connectivity index (χ2n) is 4.88. The predicted molar refractivity (Wildman–Crippen MR) is 73.8 cm³/mol. The fraction of sp³-hybridized carbons (Fsp3) is 0.467. The van der Waals surface area contributed by atoms with Gasteiger partial charge in [-0.2, -0.15) is 0 Å². The first-order valence-electron chi connectivity index (χ1n) is 6.21. The summed E-state index contributed by atoms with van der Waals surface area (Å²) in [6, 6.07) is 10.1. The highest BCUT2D eigenvalue weighted by atomic mass is 16.3. The monoisotopic (exact) mass is 233 g/mol.